The van der Waals surface area contributed by atoms with Gasteiger partial charge in [0.1, 0.15) is 6.61 Å². The second kappa shape index (κ2) is 6.84. The molecule has 0 aromatic heterocycles. The fraction of sp³-hybridized carbons (Fsp3) is 0.385. The van der Waals surface area contributed by atoms with E-state index in [0.717, 1.165) is 11.1 Å². The Morgan fingerprint density at radius 2 is 2.17 bits per heavy atom. The number of carbonyl (C=O) groups is 2. The van der Waals surface area contributed by atoms with Gasteiger partial charge in [-0.15, -0.1) is 0 Å². The average Bonchev–Trinajstić information content (AvgIpc) is 2.33. The zero-order valence-corrected chi connectivity index (χ0v) is 10.3. The molecule has 18 heavy (non-hydrogen) atoms. The lowest BCUT2D eigenvalue weighted by Gasteiger charge is -2.07. The molecule has 1 N–H and O–H groups in total. The highest BCUT2D eigenvalue weighted by molar-refractivity contribution is 6.22. The monoisotopic (exact) mass is 246 g/mol. The summed E-state index contributed by atoms with van der Waals surface area (Å²) in [6, 6.07) is 7.63. The van der Waals surface area contributed by atoms with Crippen LogP contribution in [0.4, 0.5) is 0 Å². The Labute approximate surface area is 107 Å². The molecule has 2 radical (unpaired) electrons. The van der Waals surface area contributed by atoms with E-state index < -0.39 is 17.8 Å². The van der Waals surface area contributed by atoms with Gasteiger partial charge in [-0.3, -0.25) is 9.59 Å². The number of carboxylic acids is 1. The van der Waals surface area contributed by atoms with Crippen LogP contribution in [0.15, 0.2) is 24.3 Å². The van der Waals surface area contributed by atoms with Gasteiger partial charge in [-0.25, -0.2) is 0 Å². The first-order valence-corrected chi connectivity index (χ1v) is 5.68. The van der Waals surface area contributed by atoms with Crippen LogP contribution in [0, 0.1) is 6.92 Å². The molecule has 0 unspecified atom stereocenters. The summed E-state index contributed by atoms with van der Waals surface area (Å²) in [6.07, 6.45) is 0.0985. The molecule has 1 aromatic carbocycles. The summed E-state index contributed by atoms with van der Waals surface area (Å²) in [4.78, 5) is 21.8. The Bertz CT molecular complexity index is 431. The van der Waals surface area contributed by atoms with Gasteiger partial charge in [0.25, 0.3) is 5.97 Å². The highest BCUT2D eigenvalue weighted by Crippen LogP contribution is 2.11. The lowest BCUT2D eigenvalue weighted by Crippen LogP contribution is -2.11. The summed E-state index contributed by atoms with van der Waals surface area (Å²) < 4.78 is 5.03. The van der Waals surface area contributed by atoms with Crippen molar-refractivity contribution in [2.45, 2.75) is 32.2 Å². The number of carbonyl (C=O) groups excluding carboxylic acids is 1. The summed E-state index contributed by atoms with van der Waals surface area (Å²) >= 11 is 0. The Hall–Kier alpha value is -1.78. The normalized spacial score (nSPS) is 11.8. The zero-order valence-electron chi connectivity index (χ0n) is 10.3. The van der Waals surface area contributed by atoms with E-state index in [2.05, 4.69) is 0 Å². The van der Waals surface area contributed by atoms with Crippen LogP contribution in [0.2, 0.25) is 5.82 Å². The summed E-state index contributed by atoms with van der Waals surface area (Å²) in [5, 5.41) is 8.56. The van der Waals surface area contributed by atoms with Gasteiger partial charge in [-0.1, -0.05) is 29.8 Å². The fourth-order valence-corrected chi connectivity index (χ4v) is 1.43. The molecular weight excluding hydrogens is 231 g/mol. The van der Waals surface area contributed by atoms with Crippen LogP contribution in [-0.2, 0) is 20.9 Å². The molecule has 0 spiro atoms. The van der Waals surface area contributed by atoms with Gasteiger partial charge in [-0.2, -0.15) is 0 Å². The highest BCUT2D eigenvalue weighted by Gasteiger charge is 2.13. The summed E-state index contributed by atoms with van der Waals surface area (Å²) in [7, 11) is 5.28. The van der Waals surface area contributed by atoms with Gasteiger partial charge in [0.2, 0.25) is 0 Å². The molecule has 0 heterocycles. The van der Waals surface area contributed by atoms with Crippen molar-refractivity contribution in [3.05, 3.63) is 35.4 Å². The van der Waals surface area contributed by atoms with Crippen LogP contribution in [0.5, 0.6) is 0 Å². The minimum Gasteiger partial charge on any atom is -0.482 e. The number of carboxylic acid groups (broad SMARTS) is 1. The van der Waals surface area contributed by atoms with E-state index in [1.807, 2.05) is 31.2 Å². The quantitative estimate of drug-likeness (QED) is 0.614. The van der Waals surface area contributed by atoms with E-state index in [0.29, 0.717) is 0 Å². The van der Waals surface area contributed by atoms with Crippen LogP contribution >= 0.6 is 0 Å². The molecule has 1 rings (SSSR count). The van der Waals surface area contributed by atoms with Gasteiger partial charge >= 0.3 is 5.97 Å². The first kappa shape index (κ1) is 14.3. The van der Waals surface area contributed by atoms with Crippen LogP contribution in [0.25, 0.3) is 0 Å². The minimum atomic E-state index is -1.11. The molecule has 0 fully saturated rings. The maximum absolute atomic E-state index is 11.4. The largest absolute Gasteiger partial charge is 0.482 e. The molecule has 0 saturated carbocycles. The first-order valence-electron chi connectivity index (χ1n) is 5.68. The molecule has 0 aliphatic rings. The van der Waals surface area contributed by atoms with Gasteiger partial charge in [0.15, 0.2) is 0 Å². The molecule has 0 aliphatic heterocycles. The molecule has 94 valence electrons. The van der Waals surface area contributed by atoms with Crippen molar-refractivity contribution in [2.75, 3.05) is 0 Å². The number of aryl methyl sites for hydroxylation is 1. The first-order chi connectivity index (χ1) is 8.49. The lowest BCUT2D eigenvalue weighted by atomic mass is 9.84. The number of rotatable bonds is 6. The lowest BCUT2D eigenvalue weighted by molar-refractivity contribution is -0.145. The third-order valence-corrected chi connectivity index (χ3v) is 2.46. The van der Waals surface area contributed by atoms with Crippen molar-refractivity contribution < 1.29 is 19.4 Å². The number of ether oxygens (including phenoxy) is 1. The van der Waals surface area contributed by atoms with Gasteiger partial charge in [-0.05, 0) is 18.9 Å². The third-order valence-electron chi connectivity index (χ3n) is 2.46. The van der Waals surface area contributed by atoms with E-state index in [4.69, 9.17) is 17.7 Å². The Balaban J connectivity index is 2.31. The van der Waals surface area contributed by atoms with Crippen LogP contribution in [0.1, 0.15) is 24.0 Å². The van der Waals surface area contributed by atoms with Crippen molar-refractivity contribution in [3.8, 4) is 0 Å². The number of hydrogen-bond donors (Lipinski definition) is 1. The van der Waals surface area contributed by atoms with Crippen LogP contribution < -0.4 is 0 Å². The Kier molecular flexibility index (Phi) is 5.43. The van der Waals surface area contributed by atoms with Gasteiger partial charge in [0, 0.05) is 12.2 Å². The van der Waals surface area contributed by atoms with E-state index in [1.165, 1.54) is 0 Å². The summed E-state index contributed by atoms with van der Waals surface area (Å²) in [6.45, 7) is 2.15. The topological polar surface area (TPSA) is 63.6 Å². The molecule has 4 nitrogen and oxygen atoms in total. The second-order valence-electron chi connectivity index (χ2n) is 4.13. The van der Waals surface area contributed by atoms with Crippen molar-refractivity contribution in [1.82, 2.24) is 0 Å². The summed E-state index contributed by atoms with van der Waals surface area (Å²) in [5.74, 6) is -2.56. The van der Waals surface area contributed by atoms with Gasteiger partial charge in [0.05, 0.1) is 7.85 Å². The fourth-order valence-electron chi connectivity index (χ4n) is 1.43. The Morgan fingerprint density at radius 1 is 1.44 bits per heavy atom. The van der Waals surface area contributed by atoms with Crippen molar-refractivity contribution in [2.24, 2.45) is 0 Å². The number of hydrogen-bond acceptors (Lipinski definition) is 3. The zero-order chi connectivity index (χ0) is 13.5. The minimum absolute atomic E-state index is 0.0132. The van der Waals surface area contributed by atoms with E-state index in [-0.39, 0.29) is 19.4 Å². The molecule has 1 aromatic rings. The SMILES string of the molecule is [B][C@@H](CCC(=O)OCc1cccc(C)c1)C(=O)O. The predicted octanol–water partition coefficient (Wildman–Crippen LogP) is 1.86. The average molecular weight is 246 g/mol. The molecule has 0 bridgehead atoms. The van der Waals surface area contributed by atoms with Crippen molar-refractivity contribution in [1.29, 1.82) is 0 Å². The maximum Gasteiger partial charge on any atom is 0.306 e. The maximum atomic E-state index is 11.4. The molecule has 1 atom stereocenters. The molecule has 5 heteroatoms. The number of esters is 1. The third kappa shape index (κ3) is 5.04. The summed E-state index contributed by atoms with van der Waals surface area (Å²) in [5.41, 5.74) is 2.00. The highest BCUT2D eigenvalue weighted by atomic mass is 16.5. The smallest absolute Gasteiger partial charge is 0.306 e. The molecule has 0 saturated heterocycles. The van der Waals surface area contributed by atoms with Crippen LogP contribution in [0.3, 0.4) is 0 Å². The van der Waals surface area contributed by atoms with E-state index in [9.17, 15) is 9.59 Å². The van der Waals surface area contributed by atoms with E-state index in [1.54, 1.807) is 0 Å². The van der Waals surface area contributed by atoms with Gasteiger partial charge < -0.3 is 9.84 Å². The van der Waals surface area contributed by atoms with Crippen LogP contribution in [-0.4, -0.2) is 24.9 Å². The van der Waals surface area contributed by atoms with Crippen molar-refractivity contribution in [3.63, 3.8) is 0 Å². The molecule has 0 aliphatic carbocycles. The number of aliphatic carboxylic acids is 1. The standard InChI is InChI=1S/C13H15BO4/c1-9-3-2-4-10(7-9)8-18-12(15)6-5-11(14)13(16)17/h2-4,7,11H,5-6,8H2,1H3,(H,16,17)/t11-/m0/s1. The number of benzene rings is 1. The van der Waals surface area contributed by atoms with E-state index >= 15 is 0 Å². The molecular formula is C13H15BO4. The Morgan fingerprint density at radius 3 is 2.78 bits per heavy atom. The van der Waals surface area contributed by atoms with Crippen molar-refractivity contribution >= 4 is 19.8 Å². The second-order valence-corrected chi connectivity index (χ2v) is 4.13. The molecule has 0 amide bonds. The predicted molar refractivity (Wildman–Crippen MR) is 67.3 cm³/mol.